The van der Waals surface area contributed by atoms with Crippen molar-refractivity contribution in [2.24, 2.45) is 4.99 Å². The third-order valence-corrected chi connectivity index (χ3v) is 4.57. The molecule has 164 valence electrons. The van der Waals surface area contributed by atoms with E-state index in [1.54, 1.807) is 20.2 Å². The molecule has 0 bridgehead atoms. The topological polar surface area (TPSA) is 60.4 Å². The molecule has 2 rings (SSSR count). The van der Waals surface area contributed by atoms with Gasteiger partial charge in [0.05, 0.1) is 13.2 Å². The Labute approximate surface area is 190 Å². The minimum Gasteiger partial charge on any atom is -0.379 e. The molecule has 7 nitrogen and oxygen atoms in total. The average Bonchev–Trinajstić information content (AvgIpc) is 2.67. The zero-order chi connectivity index (χ0) is 20.4. The summed E-state index contributed by atoms with van der Waals surface area (Å²) in [6.45, 7) is 5.85. The van der Waals surface area contributed by atoms with Crippen molar-refractivity contribution in [2.45, 2.75) is 13.0 Å². The molecule has 1 aromatic rings. The summed E-state index contributed by atoms with van der Waals surface area (Å²) in [4.78, 5) is 22.2. The second-order valence-corrected chi connectivity index (χ2v) is 7.15. The molecular formula is C20H33FIN5O2. The fourth-order valence-corrected chi connectivity index (χ4v) is 2.91. The van der Waals surface area contributed by atoms with Gasteiger partial charge in [0.15, 0.2) is 5.96 Å². The van der Waals surface area contributed by atoms with Crippen molar-refractivity contribution in [3.63, 3.8) is 0 Å². The zero-order valence-electron chi connectivity index (χ0n) is 17.6. The largest absolute Gasteiger partial charge is 0.379 e. The van der Waals surface area contributed by atoms with E-state index in [0.29, 0.717) is 12.5 Å². The number of guanidine groups is 1. The quantitative estimate of drug-likeness (QED) is 0.244. The Morgan fingerprint density at radius 3 is 2.66 bits per heavy atom. The van der Waals surface area contributed by atoms with Gasteiger partial charge in [0.1, 0.15) is 12.4 Å². The molecular weight excluding hydrogens is 488 g/mol. The summed E-state index contributed by atoms with van der Waals surface area (Å²) in [5.74, 6) is 0.318. The van der Waals surface area contributed by atoms with Crippen molar-refractivity contribution >= 4 is 35.8 Å². The van der Waals surface area contributed by atoms with Crippen LogP contribution in [0.1, 0.15) is 12.0 Å². The van der Waals surface area contributed by atoms with Crippen molar-refractivity contribution in [1.82, 2.24) is 20.0 Å². The number of carbonyl (C=O) groups excluding carboxylic acids is 1. The number of likely N-dealkylation sites (N-methyl/N-ethyl adjacent to an activating group) is 1. The van der Waals surface area contributed by atoms with Gasteiger partial charge in [0.25, 0.3) is 0 Å². The van der Waals surface area contributed by atoms with Crippen molar-refractivity contribution in [3.05, 3.63) is 35.6 Å². The first-order chi connectivity index (χ1) is 13.5. The number of benzene rings is 1. The Hall–Kier alpha value is -1.46. The minimum absolute atomic E-state index is 0. The number of nitrogens with zero attached hydrogens (tertiary/aromatic N) is 4. The molecule has 0 atom stereocenters. The average molecular weight is 521 g/mol. The molecule has 1 heterocycles. The molecule has 1 fully saturated rings. The number of rotatable bonds is 8. The fraction of sp³-hybridized carbons (Fsp3) is 0.600. The Morgan fingerprint density at radius 1 is 1.28 bits per heavy atom. The molecule has 29 heavy (non-hydrogen) atoms. The first-order valence-corrected chi connectivity index (χ1v) is 9.70. The van der Waals surface area contributed by atoms with Crippen LogP contribution in [-0.2, 0) is 16.1 Å². The standard InChI is InChI=1S/C20H32FN5O2.HI/c1-24(2)19(27)15-23-20(22-8-5-9-26-10-12-28-13-11-26)25(3)16-17-6-4-7-18(21)14-17;/h4,6-7,14H,5,8-13,15-16H2,1-3H3,(H,22,23);1H. The number of nitrogens with one attached hydrogen (secondary N) is 1. The van der Waals surface area contributed by atoms with E-state index < -0.39 is 0 Å². The summed E-state index contributed by atoms with van der Waals surface area (Å²) in [7, 11) is 5.31. The van der Waals surface area contributed by atoms with E-state index in [1.807, 2.05) is 18.0 Å². The molecule has 0 aromatic heterocycles. The van der Waals surface area contributed by atoms with Crippen molar-refractivity contribution < 1.29 is 13.9 Å². The number of hydrogen-bond acceptors (Lipinski definition) is 4. The normalized spacial score (nSPS) is 14.8. The summed E-state index contributed by atoms with van der Waals surface area (Å²) in [6, 6.07) is 6.51. The van der Waals surface area contributed by atoms with Crippen LogP contribution in [0.3, 0.4) is 0 Å². The number of morpholine rings is 1. The van der Waals surface area contributed by atoms with E-state index >= 15 is 0 Å². The smallest absolute Gasteiger partial charge is 0.243 e. The van der Waals surface area contributed by atoms with Gasteiger partial charge in [-0.3, -0.25) is 9.69 Å². The lowest BCUT2D eigenvalue weighted by Crippen LogP contribution is -2.42. The number of carbonyl (C=O) groups is 1. The lowest BCUT2D eigenvalue weighted by molar-refractivity contribution is -0.127. The first-order valence-electron chi connectivity index (χ1n) is 9.70. The van der Waals surface area contributed by atoms with E-state index in [9.17, 15) is 9.18 Å². The van der Waals surface area contributed by atoms with Gasteiger partial charge in [-0.05, 0) is 30.7 Å². The summed E-state index contributed by atoms with van der Waals surface area (Å²) >= 11 is 0. The van der Waals surface area contributed by atoms with Gasteiger partial charge in [-0.2, -0.15) is 0 Å². The van der Waals surface area contributed by atoms with Crippen LogP contribution < -0.4 is 5.32 Å². The van der Waals surface area contributed by atoms with Crippen LogP contribution >= 0.6 is 24.0 Å². The van der Waals surface area contributed by atoms with Crippen molar-refractivity contribution in [3.8, 4) is 0 Å². The molecule has 1 aromatic carbocycles. The van der Waals surface area contributed by atoms with E-state index in [4.69, 9.17) is 4.74 Å². The molecule has 0 aliphatic carbocycles. The van der Waals surface area contributed by atoms with E-state index in [-0.39, 0.29) is 42.2 Å². The van der Waals surface area contributed by atoms with Gasteiger partial charge in [0, 0.05) is 47.3 Å². The molecule has 1 N–H and O–H groups in total. The highest BCUT2D eigenvalue weighted by molar-refractivity contribution is 14.0. The predicted octanol–water partition coefficient (Wildman–Crippen LogP) is 1.63. The van der Waals surface area contributed by atoms with Crippen molar-refractivity contribution in [2.75, 3.05) is 67.1 Å². The van der Waals surface area contributed by atoms with E-state index in [2.05, 4.69) is 15.2 Å². The Bertz CT molecular complexity index is 654. The number of halogens is 2. The molecule has 0 spiro atoms. The third-order valence-electron chi connectivity index (χ3n) is 4.57. The SMILES string of the molecule is CN(C)C(=O)CN=C(NCCCN1CCOCC1)N(C)Cc1cccc(F)c1.I. The highest BCUT2D eigenvalue weighted by atomic mass is 127. The van der Waals surface area contributed by atoms with Crippen LogP contribution in [0.5, 0.6) is 0 Å². The van der Waals surface area contributed by atoms with Crippen LogP contribution in [0.4, 0.5) is 4.39 Å². The summed E-state index contributed by atoms with van der Waals surface area (Å²) in [5.41, 5.74) is 0.851. The van der Waals surface area contributed by atoms with Gasteiger partial charge in [-0.25, -0.2) is 9.38 Å². The Balaban J connectivity index is 0.00000420. The minimum atomic E-state index is -0.259. The second-order valence-electron chi connectivity index (χ2n) is 7.15. The summed E-state index contributed by atoms with van der Waals surface area (Å²) in [5, 5.41) is 3.34. The second kappa shape index (κ2) is 13.7. The molecule has 1 aliphatic heterocycles. The summed E-state index contributed by atoms with van der Waals surface area (Å²) in [6.07, 6.45) is 0.967. The van der Waals surface area contributed by atoms with Crippen LogP contribution in [0.15, 0.2) is 29.3 Å². The number of aliphatic imine (C=N–C) groups is 1. The van der Waals surface area contributed by atoms with Gasteiger partial charge < -0.3 is 19.9 Å². The lowest BCUT2D eigenvalue weighted by Gasteiger charge is -2.27. The monoisotopic (exact) mass is 521 g/mol. The van der Waals surface area contributed by atoms with E-state index in [1.165, 1.54) is 17.0 Å². The molecule has 0 unspecified atom stereocenters. The van der Waals surface area contributed by atoms with Crippen LogP contribution in [-0.4, -0.2) is 93.6 Å². The van der Waals surface area contributed by atoms with Gasteiger partial charge in [-0.15, -0.1) is 24.0 Å². The summed E-state index contributed by atoms with van der Waals surface area (Å²) < 4.78 is 18.8. The van der Waals surface area contributed by atoms with Crippen LogP contribution in [0.25, 0.3) is 0 Å². The Kier molecular flexibility index (Phi) is 12.1. The fourth-order valence-electron chi connectivity index (χ4n) is 2.91. The molecule has 0 radical (unpaired) electrons. The highest BCUT2D eigenvalue weighted by Gasteiger charge is 2.12. The van der Waals surface area contributed by atoms with Gasteiger partial charge in [0.2, 0.25) is 5.91 Å². The van der Waals surface area contributed by atoms with E-state index in [0.717, 1.165) is 51.4 Å². The molecule has 0 saturated carbocycles. The maximum atomic E-state index is 13.5. The van der Waals surface area contributed by atoms with Gasteiger partial charge >= 0.3 is 0 Å². The highest BCUT2D eigenvalue weighted by Crippen LogP contribution is 2.06. The van der Waals surface area contributed by atoms with Gasteiger partial charge in [-0.1, -0.05) is 12.1 Å². The number of ether oxygens (including phenoxy) is 1. The van der Waals surface area contributed by atoms with Crippen LogP contribution in [0.2, 0.25) is 0 Å². The Morgan fingerprint density at radius 2 is 2.00 bits per heavy atom. The lowest BCUT2D eigenvalue weighted by atomic mass is 10.2. The van der Waals surface area contributed by atoms with Crippen molar-refractivity contribution in [1.29, 1.82) is 0 Å². The molecule has 1 aliphatic rings. The maximum absolute atomic E-state index is 13.5. The number of hydrogen-bond donors (Lipinski definition) is 1. The third kappa shape index (κ3) is 9.72. The predicted molar refractivity (Wildman–Crippen MR) is 124 cm³/mol. The maximum Gasteiger partial charge on any atom is 0.243 e. The molecule has 1 amide bonds. The zero-order valence-corrected chi connectivity index (χ0v) is 19.9. The number of amides is 1. The first kappa shape index (κ1) is 25.6. The molecule has 9 heteroatoms. The van der Waals surface area contributed by atoms with Crippen LogP contribution in [0, 0.1) is 5.82 Å². The molecule has 1 saturated heterocycles.